The minimum Gasteiger partial charge on any atom is -0.411 e. The van der Waals surface area contributed by atoms with Crippen molar-refractivity contribution in [3.8, 4) is 12.3 Å². The number of rotatable bonds is 0. The summed E-state index contributed by atoms with van der Waals surface area (Å²) in [6.45, 7) is 6.83. The zero-order valence-corrected chi connectivity index (χ0v) is 15.8. The number of hydrogen-bond acceptors (Lipinski definition) is 3. The molecule has 0 aliphatic heterocycles. The van der Waals surface area contributed by atoms with Crippen LogP contribution in [0.4, 0.5) is 0 Å². The molecule has 0 aromatic carbocycles. The van der Waals surface area contributed by atoms with Crippen molar-refractivity contribution in [3.05, 3.63) is 11.1 Å². The van der Waals surface area contributed by atoms with E-state index < -0.39 is 5.60 Å². The van der Waals surface area contributed by atoms with Crippen molar-refractivity contribution in [1.82, 2.24) is 0 Å². The summed E-state index contributed by atoms with van der Waals surface area (Å²) in [6.07, 6.45) is 14.0. The Labute approximate surface area is 151 Å². The smallest absolute Gasteiger partial charge is 0.130 e. The second kappa shape index (κ2) is 5.36. The molecular formula is C22H31NO2. The van der Waals surface area contributed by atoms with Crippen LogP contribution < -0.4 is 0 Å². The van der Waals surface area contributed by atoms with Gasteiger partial charge in [0.15, 0.2) is 0 Å². The molecule has 0 aromatic rings. The number of hydrogen-bond donors (Lipinski definition) is 2. The summed E-state index contributed by atoms with van der Waals surface area (Å²) in [5.74, 6) is 4.64. The van der Waals surface area contributed by atoms with Crippen molar-refractivity contribution in [3.63, 3.8) is 0 Å². The van der Waals surface area contributed by atoms with E-state index in [-0.39, 0.29) is 10.8 Å². The first kappa shape index (κ1) is 17.2. The van der Waals surface area contributed by atoms with E-state index in [0.717, 1.165) is 50.7 Å². The van der Waals surface area contributed by atoms with Crippen LogP contribution in [0, 0.1) is 40.9 Å². The molecule has 0 bridgehead atoms. The van der Waals surface area contributed by atoms with Gasteiger partial charge < -0.3 is 10.3 Å². The van der Waals surface area contributed by atoms with Gasteiger partial charge in [0.25, 0.3) is 0 Å². The van der Waals surface area contributed by atoms with Crippen LogP contribution >= 0.6 is 0 Å². The molecule has 0 radical (unpaired) electrons. The van der Waals surface area contributed by atoms with Gasteiger partial charge in [0.1, 0.15) is 5.60 Å². The molecule has 0 heterocycles. The molecule has 3 nitrogen and oxygen atoms in total. The molecule has 4 aliphatic rings. The first-order valence-corrected chi connectivity index (χ1v) is 9.92. The van der Waals surface area contributed by atoms with E-state index >= 15 is 0 Å². The highest BCUT2D eigenvalue weighted by molar-refractivity contribution is 6.01. The van der Waals surface area contributed by atoms with Crippen molar-refractivity contribution in [2.75, 3.05) is 0 Å². The Hall–Kier alpha value is -1.27. The third-order valence-corrected chi connectivity index (χ3v) is 8.95. The number of fused-ring (bicyclic) bond motifs is 5. The number of terminal acetylenes is 1. The molecular weight excluding hydrogens is 310 g/mol. The summed E-state index contributed by atoms with van der Waals surface area (Å²) in [4.78, 5) is 0. The van der Waals surface area contributed by atoms with Crippen molar-refractivity contribution in [2.45, 2.75) is 77.7 Å². The van der Waals surface area contributed by atoms with Gasteiger partial charge in [-0.1, -0.05) is 30.5 Å². The van der Waals surface area contributed by atoms with Gasteiger partial charge in [0, 0.05) is 5.41 Å². The molecule has 4 rings (SSSR count). The molecule has 3 heteroatoms. The third kappa shape index (κ3) is 2.01. The molecule has 0 spiro atoms. The Kier molecular flexibility index (Phi) is 3.68. The molecule has 3 saturated carbocycles. The van der Waals surface area contributed by atoms with Crippen LogP contribution in [-0.4, -0.2) is 21.6 Å². The first-order valence-electron chi connectivity index (χ1n) is 9.92. The largest absolute Gasteiger partial charge is 0.411 e. The molecule has 0 aromatic heterocycles. The summed E-state index contributed by atoms with van der Waals surface area (Å²) in [7, 11) is 0. The van der Waals surface area contributed by atoms with Crippen molar-refractivity contribution in [2.24, 2.45) is 33.7 Å². The van der Waals surface area contributed by atoms with Crippen LogP contribution in [0.2, 0.25) is 0 Å². The second-order valence-corrected chi connectivity index (χ2v) is 9.48. The highest BCUT2D eigenvalue weighted by Gasteiger charge is 2.63. The van der Waals surface area contributed by atoms with E-state index in [1.54, 1.807) is 0 Å². The van der Waals surface area contributed by atoms with E-state index in [4.69, 9.17) is 6.42 Å². The molecule has 6 atom stereocenters. The van der Waals surface area contributed by atoms with Crippen LogP contribution in [0.5, 0.6) is 0 Å². The number of aliphatic hydroxyl groups is 1. The average Bonchev–Trinajstić information content (AvgIpc) is 2.87. The summed E-state index contributed by atoms with van der Waals surface area (Å²) in [6, 6.07) is 0. The van der Waals surface area contributed by atoms with Gasteiger partial charge in [-0.25, -0.2) is 0 Å². The molecule has 3 fully saturated rings. The normalized spacial score (nSPS) is 50.8. The van der Waals surface area contributed by atoms with E-state index in [0.29, 0.717) is 17.8 Å². The Morgan fingerprint density at radius 3 is 2.48 bits per heavy atom. The molecule has 0 saturated heterocycles. The molecule has 2 N–H and O–H groups in total. The fourth-order valence-corrected chi connectivity index (χ4v) is 7.37. The highest BCUT2D eigenvalue weighted by atomic mass is 16.4. The first-order chi connectivity index (χ1) is 11.8. The fraction of sp³-hybridized carbons (Fsp3) is 0.773. The van der Waals surface area contributed by atoms with E-state index in [1.165, 1.54) is 17.6 Å². The van der Waals surface area contributed by atoms with Gasteiger partial charge in [-0.3, -0.25) is 0 Å². The molecule has 4 aliphatic carbocycles. The Morgan fingerprint density at radius 2 is 1.80 bits per heavy atom. The molecule has 0 amide bonds. The molecule has 136 valence electrons. The van der Waals surface area contributed by atoms with Crippen LogP contribution in [0.1, 0.15) is 72.1 Å². The third-order valence-electron chi connectivity index (χ3n) is 8.95. The highest BCUT2D eigenvalue weighted by Crippen LogP contribution is 2.67. The summed E-state index contributed by atoms with van der Waals surface area (Å²) in [5, 5.41) is 23.9. The predicted molar refractivity (Wildman–Crippen MR) is 99.3 cm³/mol. The monoisotopic (exact) mass is 341 g/mol. The van der Waals surface area contributed by atoms with E-state index in [1.807, 2.05) is 0 Å². The quantitative estimate of drug-likeness (QED) is 0.386. The lowest BCUT2D eigenvalue weighted by Gasteiger charge is -2.59. The topological polar surface area (TPSA) is 52.8 Å². The lowest BCUT2D eigenvalue weighted by Crippen LogP contribution is -2.54. The van der Waals surface area contributed by atoms with Crippen molar-refractivity contribution in [1.29, 1.82) is 0 Å². The number of nitrogens with zero attached hydrogens (tertiary/aromatic N) is 1. The van der Waals surface area contributed by atoms with Crippen molar-refractivity contribution >= 4 is 5.71 Å². The zero-order valence-electron chi connectivity index (χ0n) is 15.8. The maximum atomic E-state index is 11.1. The van der Waals surface area contributed by atoms with Crippen LogP contribution in [0.15, 0.2) is 16.3 Å². The van der Waals surface area contributed by atoms with E-state index in [9.17, 15) is 10.3 Å². The number of oxime groups is 1. The van der Waals surface area contributed by atoms with Gasteiger partial charge in [0.2, 0.25) is 0 Å². The summed E-state index contributed by atoms with van der Waals surface area (Å²) in [5.41, 5.74) is 2.82. The minimum atomic E-state index is -0.918. The minimum absolute atomic E-state index is 0.123. The SMILES string of the molecule is C#C[C@]1(O)CC[C@H]2[C@@H]3CCC4=C(C)/C(=N/O)CC[C@]4(C)[C@H]3CC[C@@]21C. The van der Waals surface area contributed by atoms with Gasteiger partial charge in [-0.05, 0) is 87.0 Å². The Bertz CT molecular complexity index is 701. The lowest BCUT2D eigenvalue weighted by atomic mass is 9.46. The van der Waals surface area contributed by atoms with Crippen LogP contribution in [0.3, 0.4) is 0 Å². The number of allylic oxidation sites excluding steroid dienone is 2. The predicted octanol–water partition coefficient (Wildman–Crippen LogP) is 4.53. The van der Waals surface area contributed by atoms with Gasteiger partial charge in [-0.15, -0.1) is 6.42 Å². The Balaban J connectivity index is 1.72. The van der Waals surface area contributed by atoms with Crippen LogP contribution in [0.25, 0.3) is 0 Å². The maximum absolute atomic E-state index is 11.1. The van der Waals surface area contributed by atoms with Crippen molar-refractivity contribution < 1.29 is 10.3 Å². The van der Waals surface area contributed by atoms with E-state index in [2.05, 4.69) is 31.8 Å². The lowest BCUT2D eigenvalue weighted by molar-refractivity contribution is -0.0989. The fourth-order valence-electron chi connectivity index (χ4n) is 7.37. The zero-order chi connectivity index (χ0) is 18.0. The molecule has 0 unspecified atom stereocenters. The Morgan fingerprint density at radius 1 is 1.08 bits per heavy atom. The van der Waals surface area contributed by atoms with Gasteiger partial charge in [0.05, 0.1) is 5.71 Å². The maximum Gasteiger partial charge on any atom is 0.130 e. The average molecular weight is 341 g/mol. The summed E-state index contributed by atoms with van der Waals surface area (Å²) >= 11 is 0. The standard InChI is InChI=1S/C22H31NO2/c1-5-22(24)13-9-18-15-6-7-16-14(2)19(23-25)10-11-20(16,3)17(15)8-12-21(18,22)4/h1,15,17-18,24-25H,6-13H2,2-4H3/b23-19+/t15-,17+,18+,20+,21+,22+/m1/s1. The van der Waals surface area contributed by atoms with Gasteiger partial charge in [-0.2, -0.15) is 0 Å². The molecule has 25 heavy (non-hydrogen) atoms. The summed E-state index contributed by atoms with van der Waals surface area (Å²) < 4.78 is 0. The second-order valence-electron chi connectivity index (χ2n) is 9.48. The van der Waals surface area contributed by atoms with Crippen LogP contribution in [-0.2, 0) is 0 Å². The van der Waals surface area contributed by atoms with Gasteiger partial charge >= 0.3 is 0 Å².